The van der Waals surface area contributed by atoms with E-state index in [1.54, 1.807) is 0 Å². The van der Waals surface area contributed by atoms with Gasteiger partial charge in [-0.25, -0.2) is 4.79 Å². The Morgan fingerprint density at radius 3 is 1.93 bits per heavy atom. The minimum absolute atomic E-state index is 0.0483. The Hall–Kier alpha value is -3.28. The van der Waals surface area contributed by atoms with Crippen molar-refractivity contribution in [1.82, 2.24) is 20.9 Å². The van der Waals surface area contributed by atoms with Gasteiger partial charge in [-0.2, -0.15) is 0 Å². The van der Waals surface area contributed by atoms with E-state index in [4.69, 9.17) is 5.73 Å². The number of carbonyl (C=O) groups is 5. The van der Waals surface area contributed by atoms with Gasteiger partial charge in [0, 0.05) is 27.8 Å². The lowest BCUT2D eigenvalue weighted by Gasteiger charge is -2.37. The van der Waals surface area contributed by atoms with Crippen LogP contribution in [0.2, 0.25) is 0 Å². The molecule has 1 aliphatic carbocycles. The summed E-state index contributed by atoms with van der Waals surface area (Å²) >= 11 is 0. The van der Waals surface area contributed by atoms with Crippen LogP contribution in [0.4, 0.5) is 4.79 Å². The average molecular weight is 790 g/mol. The van der Waals surface area contributed by atoms with Crippen LogP contribution in [0.1, 0.15) is 146 Å². The zero-order valence-corrected chi connectivity index (χ0v) is 37.0. The zero-order chi connectivity index (χ0) is 42.1. The Morgan fingerprint density at radius 2 is 1.47 bits per heavy atom. The maximum atomic E-state index is 14.6. The van der Waals surface area contributed by atoms with Gasteiger partial charge in [-0.15, -0.1) is 0 Å². The summed E-state index contributed by atoms with van der Waals surface area (Å²) in [6.45, 7) is 24.3. The van der Waals surface area contributed by atoms with Crippen molar-refractivity contribution in [3.05, 3.63) is 35.4 Å². The number of fused-ring (bicyclic) bond motifs is 1. The summed E-state index contributed by atoms with van der Waals surface area (Å²) in [5.41, 5.74) is 6.83. The van der Waals surface area contributed by atoms with Crippen molar-refractivity contribution in [2.75, 3.05) is 12.3 Å². The molecule has 314 valence electrons. The quantitative estimate of drug-likeness (QED) is 0.138. The number of carbonyl (C=O) groups excluding carboxylic acids is 5. The van der Waals surface area contributed by atoms with Gasteiger partial charge in [0.15, 0.2) is 0 Å². The second-order valence-electron chi connectivity index (χ2n) is 16.7. The largest absolute Gasteiger partial charge is 0.363 e. The smallest absolute Gasteiger partial charge is 0.315 e. The number of likely N-dealkylation sites (tertiary alicyclic amines) is 1. The summed E-state index contributed by atoms with van der Waals surface area (Å²) in [6.07, 6.45) is 7.18. The second-order valence-corrected chi connectivity index (χ2v) is 18.9. The molecular weight excluding hydrogens is 715 g/mol. The van der Waals surface area contributed by atoms with Crippen LogP contribution in [-0.4, -0.2) is 79.4 Å². The number of hydrogen-bond acceptors (Lipinski definition) is 6. The highest BCUT2D eigenvalue weighted by molar-refractivity contribution is 7.86. The Balaban J connectivity index is 0.00000236. The molecule has 55 heavy (non-hydrogen) atoms. The highest BCUT2D eigenvalue weighted by atomic mass is 32.2. The summed E-state index contributed by atoms with van der Waals surface area (Å²) in [4.78, 5) is 68.5. The molecule has 12 heteroatoms. The van der Waals surface area contributed by atoms with Crippen molar-refractivity contribution in [3.8, 4) is 0 Å². The maximum absolute atomic E-state index is 14.6. The molecule has 1 fully saturated rings. The Kier molecular flexibility index (Phi) is 21.4. The van der Waals surface area contributed by atoms with E-state index in [0.717, 1.165) is 24.0 Å². The molecule has 1 aliphatic heterocycles. The van der Waals surface area contributed by atoms with Crippen LogP contribution in [-0.2, 0) is 42.8 Å². The van der Waals surface area contributed by atoms with Gasteiger partial charge in [0.1, 0.15) is 12.1 Å². The number of nitrogens with zero attached hydrogens (tertiary/aromatic N) is 1. The van der Waals surface area contributed by atoms with Gasteiger partial charge in [-0.3, -0.25) is 23.4 Å². The van der Waals surface area contributed by atoms with E-state index >= 15 is 0 Å². The first-order valence-corrected chi connectivity index (χ1v) is 22.1. The van der Waals surface area contributed by atoms with E-state index in [1.165, 1.54) is 17.7 Å². The van der Waals surface area contributed by atoms with Gasteiger partial charge in [0.25, 0.3) is 5.91 Å². The van der Waals surface area contributed by atoms with Crippen molar-refractivity contribution in [3.63, 3.8) is 0 Å². The molecule has 5 N–H and O–H groups in total. The third kappa shape index (κ3) is 15.0. The fourth-order valence-corrected chi connectivity index (χ4v) is 8.47. The van der Waals surface area contributed by atoms with E-state index in [2.05, 4.69) is 43.6 Å². The molecule has 1 saturated heterocycles. The summed E-state index contributed by atoms with van der Waals surface area (Å²) in [7, 11) is -1.22. The van der Waals surface area contributed by atoms with Crippen LogP contribution in [0.3, 0.4) is 0 Å². The molecule has 0 saturated carbocycles. The first kappa shape index (κ1) is 49.7. The standard InChI is InChI=1S/C37H59N5O6S.2C3H8/c1-9-17-37(11-3,22-49(48)36(6,7)8)41-35(47)40-29(27-20-25-14-12-13-15-26(25)21-27)34(46)42-18-16-24(5)30(42)33(45)39-28(19-23(4)10-2)31(43)32(38)44;2*1-3-2/h12-15,23-24,27-30H,9-11,16-22H2,1-8H3,(H2,38,44)(H,39,45)(H2,40,41,47);2*3H2,1-2H3/t23?,24?,28?,29?,30-,37?,49?;;/m0../s1. The molecular formula is C43H75N5O6S. The number of nitrogens with one attached hydrogen (secondary N) is 3. The lowest BCUT2D eigenvalue weighted by molar-refractivity contribution is -0.143. The summed E-state index contributed by atoms with van der Waals surface area (Å²) in [5.74, 6) is -3.01. The van der Waals surface area contributed by atoms with Crippen LogP contribution < -0.4 is 21.7 Å². The van der Waals surface area contributed by atoms with E-state index in [-0.39, 0.29) is 35.8 Å². The van der Waals surface area contributed by atoms with Gasteiger partial charge in [0.05, 0.1) is 11.6 Å². The monoisotopic (exact) mass is 790 g/mol. The van der Waals surface area contributed by atoms with Crippen LogP contribution in [0.25, 0.3) is 0 Å². The summed E-state index contributed by atoms with van der Waals surface area (Å²) < 4.78 is 12.8. The van der Waals surface area contributed by atoms with Crippen molar-refractivity contribution in [2.24, 2.45) is 23.5 Å². The highest BCUT2D eigenvalue weighted by Crippen LogP contribution is 2.33. The van der Waals surface area contributed by atoms with Gasteiger partial charge >= 0.3 is 6.03 Å². The Morgan fingerprint density at radius 1 is 0.927 bits per heavy atom. The number of hydrogen-bond donors (Lipinski definition) is 4. The van der Waals surface area contributed by atoms with Gasteiger partial charge in [-0.1, -0.05) is 112 Å². The number of Topliss-reactive ketones (excluding diaryl/α,β-unsaturated/α-hetero) is 1. The van der Waals surface area contributed by atoms with E-state index in [1.807, 2.05) is 79.7 Å². The third-order valence-electron chi connectivity index (χ3n) is 10.4. The predicted molar refractivity (Wildman–Crippen MR) is 225 cm³/mol. The Bertz CT molecular complexity index is 1400. The summed E-state index contributed by atoms with van der Waals surface area (Å²) in [6, 6.07) is 4.54. The molecule has 0 aromatic heterocycles. The van der Waals surface area contributed by atoms with Crippen LogP contribution in [0.15, 0.2) is 24.3 Å². The molecule has 3 rings (SSSR count). The zero-order valence-electron chi connectivity index (χ0n) is 36.1. The number of amides is 5. The van der Waals surface area contributed by atoms with Gasteiger partial charge in [-0.05, 0) is 88.2 Å². The average Bonchev–Trinajstić information content (AvgIpc) is 3.73. The number of nitrogens with two attached hydrogens (primary N) is 1. The second kappa shape index (κ2) is 23.7. The normalized spacial score (nSPS) is 19.8. The van der Waals surface area contributed by atoms with E-state index in [0.29, 0.717) is 38.6 Å². The maximum Gasteiger partial charge on any atom is 0.315 e. The number of rotatable bonds is 16. The minimum Gasteiger partial charge on any atom is -0.363 e. The molecule has 5 amide bonds. The van der Waals surface area contributed by atoms with Crippen molar-refractivity contribution in [1.29, 1.82) is 0 Å². The molecule has 7 atom stereocenters. The van der Waals surface area contributed by atoms with E-state index in [9.17, 15) is 28.2 Å². The SMILES string of the molecule is CCC.CCC.CCCC(CC)(CS(=O)C(C)(C)C)NC(=O)NC(C(=O)N1CCC(C)[C@H]1C(=O)NC(CC(C)CC)C(=O)C(N)=O)C1Cc2ccccc2C1. The van der Waals surface area contributed by atoms with Gasteiger partial charge in [0.2, 0.25) is 17.6 Å². The lowest BCUT2D eigenvalue weighted by Crippen LogP contribution is -2.62. The molecule has 1 aromatic carbocycles. The molecule has 0 bridgehead atoms. The molecule has 0 spiro atoms. The van der Waals surface area contributed by atoms with E-state index < -0.39 is 62.8 Å². The first-order valence-electron chi connectivity index (χ1n) is 20.8. The van der Waals surface area contributed by atoms with Gasteiger partial charge < -0.3 is 26.6 Å². The first-order chi connectivity index (χ1) is 25.8. The number of urea groups is 1. The number of ketones is 1. The van der Waals surface area contributed by atoms with Crippen molar-refractivity contribution >= 4 is 40.3 Å². The fraction of sp³-hybridized carbons (Fsp3) is 0.744. The van der Waals surface area contributed by atoms with Crippen LogP contribution >= 0.6 is 0 Å². The van der Waals surface area contributed by atoms with Crippen LogP contribution in [0.5, 0.6) is 0 Å². The molecule has 11 nitrogen and oxygen atoms in total. The molecule has 1 aromatic rings. The fourth-order valence-electron chi connectivity index (χ4n) is 7.11. The minimum atomic E-state index is -1.22. The Labute approximate surface area is 335 Å². The highest BCUT2D eigenvalue weighted by Gasteiger charge is 2.46. The third-order valence-corrected chi connectivity index (χ3v) is 12.6. The number of benzene rings is 1. The van der Waals surface area contributed by atoms with Crippen molar-refractivity contribution < 1.29 is 28.2 Å². The molecule has 2 aliphatic rings. The molecule has 6 unspecified atom stereocenters. The van der Waals surface area contributed by atoms with Crippen molar-refractivity contribution in [2.45, 2.75) is 176 Å². The molecule has 0 radical (unpaired) electrons. The number of primary amides is 1. The molecule has 1 heterocycles. The summed E-state index contributed by atoms with van der Waals surface area (Å²) in [5, 5.41) is 8.93. The lowest BCUT2D eigenvalue weighted by atomic mass is 9.92. The van der Waals surface area contributed by atoms with Crippen LogP contribution in [0, 0.1) is 17.8 Å². The predicted octanol–water partition coefficient (Wildman–Crippen LogP) is 6.61. The topological polar surface area (TPSA) is 168 Å².